The van der Waals surface area contributed by atoms with Gasteiger partial charge in [0.05, 0.1) is 6.33 Å². The second-order valence-corrected chi connectivity index (χ2v) is 6.23. The number of hydrogen-bond donors (Lipinski definition) is 1. The van der Waals surface area contributed by atoms with E-state index in [-0.39, 0.29) is 23.6 Å². The van der Waals surface area contributed by atoms with Crippen molar-refractivity contribution in [3.8, 4) is 0 Å². The number of rotatable bonds is 6. The van der Waals surface area contributed by atoms with Gasteiger partial charge in [-0.1, -0.05) is 30.3 Å². The van der Waals surface area contributed by atoms with E-state index >= 15 is 0 Å². The van der Waals surface area contributed by atoms with Crippen molar-refractivity contribution in [2.45, 2.75) is 19.2 Å². The molecule has 1 amide bonds. The Balaban J connectivity index is 1.80. The van der Waals surface area contributed by atoms with Gasteiger partial charge in [-0.2, -0.15) is 0 Å². The van der Waals surface area contributed by atoms with Crippen molar-refractivity contribution < 1.29 is 9.53 Å². The third-order valence-corrected chi connectivity index (χ3v) is 4.40. The zero-order chi connectivity index (χ0) is 19.6. The van der Waals surface area contributed by atoms with Crippen LogP contribution in [0.3, 0.4) is 0 Å². The van der Waals surface area contributed by atoms with Crippen LogP contribution in [0.15, 0.2) is 46.2 Å². The van der Waals surface area contributed by atoms with Crippen LogP contribution in [0.1, 0.15) is 5.56 Å². The molecule has 1 atom stereocenters. The Bertz CT molecular complexity index is 1080. The predicted octanol–water partition coefficient (Wildman–Crippen LogP) is -0.235. The van der Waals surface area contributed by atoms with Crippen molar-refractivity contribution in [2.75, 3.05) is 7.11 Å². The Morgan fingerprint density at radius 2 is 1.89 bits per heavy atom. The zero-order valence-electron chi connectivity index (χ0n) is 15.4. The van der Waals surface area contributed by atoms with Crippen LogP contribution in [0.25, 0.3) is 11.2 Å². The SMILES string of the molecule is COC(Cc1ccccc1)NC(=O)Cn1cnc2c1c(=O)n(C)c(=O)n2C. The summed E-state index contributed by atoms with van der Waals surface area (Å²) in [6, 6.07) is 9.66. The van der Waals surface area contributed by atoms with Crippen LogP contribution in [0, 0.1) is 0 Å². The van der Waals surface area contributed by atoms with E-state index in [4.69, 9.17) is 4.74 Å². The molecule has 3 aromatic rings. The summed E-state index contributed by atoms with van der Waals surface area (Å²) in [4.78, 5) is 40.9. The fraction of sp³-hybridized carbons (Fsp3) is 0.333. The predicted molar refractivity (Wildman–Crippen MR) is 99.3 cm³/mol. The van der Waals surface area contributed by atoms with Crippen LogP contribution in [0.5, 0.6) is 0 Å². The minimum atomic E-state index is -0.498. The summed E-state index contributed by atoms with van der Waals surface area (Å²) in [6.07, 6.45) is 1.40. The fourth-order valence-corrected chi connectivity index (χ4v) is 2.92. The number of hydrogen-bond acceptors (Lipinski definition) is 5. The Kier molecular flexibility index (Phi) is 5.22. The summed E-state index contributed by atoms with van der Waals surface area (Å²) in [7, 11) is 4.44. The van der Waals surface area contributed by atoms with Gasteiger partial charge in [-0.15, -0.1) is 0 Å². The van der Waals surface area contributed by atoms with Crippen LogP contribution in [-0.2, 0) is 36.6 Å². The summed E-state index contributed by atoms with van der Waals surface area (Å²) >= 11 is 0. The van der Waals surface area contributed by atoms with Crippen LogP contribution < -0.4 is 16.6 Å². The molecule has 1 aromatic carbocycles. The molecule has 0 spiro atoms. The number of imidazole rings is 1. The number of aryl methyl sites for hydroxylation is 1. The first-order chi connectivity index (χ1) is 12.9. The molecule has 0 aliphatic heterocycles. The van der Waals surface area contributed by atoms with Crippen molar-refractivity contribution in [1.82, 2.24) is 24.0 Å². The maximum Gasteiger partial charge on any atom is 0.332 e. The molecule has 3 rings (SSSR count). The highest BCUT2D eigenvalue weighted by molar-refractivity contribution is 5.79. The standard InChI is InChI=1S/C18H21N5O4/c1-21-16-15(17(25)22(2)18(21)26)23(11-19-16)10-13(24)20-14(27-3)9-12-7-5-4-6-8-12/h4-8,11,14H,9-10H2,1-3H3,(H,20,24). The van der Waals surface area contributed by atoms with Crippen molar-refractivity contribution in [3.63, 3.8) is 0 Å². The number of amides is 1. The Morgan fingerprint density at radius 3 is 2.56 bits per heavy atom. The molecule has 9 nitrogen and oxygen atoms in total. The Hall–Kier alpha value is -3.20. The van der Waals surface area contributed by atoms with Gasteiger partial charge in [-0.3, -0.25) is 18.7 Å². The number of methoxy groups -OCH3 is 1. The van der Waals surface area contributed by atoms with Crippen LogP contribution in [-0.4, -0.2) is 37.9 Å². The molecule has 0 aliphatic carbocycles. The molecule has 0 radical (unpaired) electrons. The molecule has 142 valence electrons. The molecule has 27 heavy (non-hydrogen) atoms. The first-order valence-electron chi connectivity index (χ1n) is 8.39. The molecule has 1 N–H and O–H groups in total. The molecular formula is C18H21N5O4. The molecule has 0 fully saturated rings. The second kappa shape index (κ2) is 7.58. The first-order valence-corrected chi connectivity index (χ1v) is 8.39. The number of carbonyl (C=O) groups excluding carboxylic acids is 1. The maximum absolute atomic E-state index is 12.4. The number of carbonyl (C=O) groups is 1. The van der Waals surface area contributed by atoms with E-state index in [1.54, 1.807) is 0 Å². The lowest BCUT2D eigenvalue weighted by atomic mass is 10.1. The summed E-state index contributed by atoms with van der Waals surface area (Å²) in [5.74, 6) is -0.326. The van der Waals surface area contributed by atoms with Crippen molar-refractivity contribution in [3.05, 3.63) is 63.1 Å². The number of aromatic nitrogens is 4. The zero-order valence-corrected chi connectivity index (χ0v) is 15.4. The summed E-state index contributed by atoms with van der Waals surface area (Å²) in [5.41, 5.74) is 0.507. The largest absolute Gasteiger partial charge is 0.361 e. The molecule has 9 heteroatoms. The normalized spacial score (nSPS) is 12.3. The van der Waals surface area contributed by atoms with Crippen molar-refractivity contribution in [2.24, 2.45) is 14.1 Å². The Morgan fingerprint density at radius 1 is 1.19 bits per heavy atom. The smallest absolute Gasteiger partial charge is 0.332 e. The van der Waals surface area contributed by atoms with E-state index in [0.29, 0.717) is 6.42 Å². The topological polar surface area (TPSA) is 100 Å². The van der Waals surface area contributed by atoms with E-state index in [9.17, 15) is 14.4 Å². The van der Waals surface area contributed by atoms with Gasteiger partial charge in [0, 0.05) is 27.6 Å². The van der Waals surface area contributed by atoms with Gasteiger partial charge < -0.3 is 14.6 Å². The van der Waals surface area contributed by atoms with Crippen LogP contribution in [0.4, 0.5) is 0 Å². The fourth-order valence-electron chi connectivity index (χ4n) is 2.92. The minimum Gasteiger partial charge on any atom is -0.361 e. The third-order valence-electron chi connectivity index (χ3n) is 4.40. The minimum absolute atomic E-state index is 0.113. The van der Waals surface area contributed by atoms with Crippen LogP contribution in [0.2, 0.25) is 0 Å². The van der Waals surface area contributed by atoms with Gasteiger partial charge in [0.2, 0.25) is 5.91 Å². The lowest BCUT2D eigenvalue weighted by molar-refractivity contribution is -0.125. The first kappa shape index (κ1) is 18.6. The highest BCUT2D eigenvalue weighted by atomic mass is 16.5. The lowest BCUT2D eigenvalue weighted by Gasteiger charge is -2.17. The summed E-state index contributed by atoms with van der Waals surface area (Å²) in [5, 5.41) is 2.79. The molecule has 2 heterocycles. The molecule has 0 bridgehead atoms. The molecule has 1 unspecified atom stereocenters. The van der Waals surface area contributed by atoms with E-state index in [0.717, 1.165) is 10.1 Å². The molecule has 0 saturated heterocycles. The second-order valence-electron chi connectivity index (χ2n) is 6.23. The summed E-state index contributed by atoms with van der Waals surface area (Å²) in [6.45, 7) is -0.113. The van der Waals surface area contributed by atoms with Gasteiger partial charge in [0.25, 0.3) is 5.56 Å². The quantitative estimate of drug-likeness (QED) is 0.603. The van der Waals surface area contributed by atoms with Gasteiger partial charge in [-0.25, -0.2) is 9.78 Å². The summed E-state index contributed by atoms with van der Waals surface area (Å²) < 4.78 is 9.04. The third kappa shape index (κ3) is 3.68. The van der Waals surface area contributed by atoms with Crippen molar-refractivity contribution >= 4 is 17.1 Å². The van der Waals surface area contributed by atoms with E-state index in [2.05, 4.69) is 10.3 Å². The molecule has 0 saturated carbocycles. The number of nitrogens with one attached hydrogen (secondary N) is 1. The number of nitrogens with zero attached hydrogens (tertiary/aromatic N) is 4. The molecule has 2 aromatic heterocycles. The lowest BCUT2D eigenvalue weighted by Crippen LogP contribution is -2.40. The van der Waals surface area contributed by atoms with Gasteiger partial charge in [0.1, 0.15) is 12.8 Å². The highest BCUT2D eigenvalue weighted by Crippen LogP contribution is 2.06. The van der Waals surface area contributed by atoms with Crippen molar-refractivity contribution in [1.29, 1.82) is 0 Å². The number of fused-ring (bicyclic) bond motifs is 1. The van der Waals surface area contributed by atoms with E-state index < -0.39 is 17.5 Å². The number of benzene rings is 1. The van der Waals surface area contributed by atoms with Crippen LogP contribution >= 0.6 is 0 Å². The van der Waals surface area contributed by atoms with E-state index in [1.165, 1.54) is 36.7 Å². The van der Waals surface area contributed by atoms with Gasteiger partial charge in [-0.05, 0) is 5.56 Å². The van der Waals surface area contributed by atoms with E-state index in [1.807, 2.05) is 30.3 Å². The molecule has 0 aliphatic rings. The molecular weight excluding hydrogens is 350 g/mol. The van der Waals surface area contributed by atoms with Gasteiger partial charge in [0.15, 0.2) is 11.2 Å². The Labute approximate surface area is 154 Å². The highest BCUT2D eigenvalue weighted by Gasteiger charge is 2.17. The monoisotopic (exact) mass is 371 g/mol. The average molecular weight is 371 g/mol. The van der Waals surface area contributed by atoms with Gasteiger partial charge >= 0.3 is 5.69 Å². The number of ether oxygens (including phenoxy) is 1. The maximum atomic E-state index is 12.4. The average Bonchev–Trinajstić information content (AvgIpc) is 3.08.